The summed E-state index contributed by atoms with van der Waals surface area (Å²) >= 11 is 0. The minimum atomic E-state index is -1.29. The lowest BCUT2D eigenvalue weighted by Crippen LogP contribution is -2.33. The first kappa shape index (κ1) is 21.2. The van der Waals surface area contributed by atoms with Gasteiger partial charge in [-0.2, -0.15) is 0 Å². The van der Waals surface area contributed by atoms with Gasteiger partial charge in [-0.05, 0) is 66.5 Å². The number of aromatic carboxylic acids is 1. The number of fused-ring (bicyclic) bond motifs is 2. The van der Waals surface area contributed by atoms with Crippen LogP contribution in [-0.4, -0.2) is 22.0 Å². The molecule has 0 spiro atoms. The van der Waals surface area contributed by atoms with Gasteiger partial charge < -0.3 is 15.7 Å². The second kappa shape index (κ2) is 7.57. The number of carboxylic acids is 1. The van der Waals surface area contributed by atoms with E-state index >= 15 is 4.39 Å². The van der Waals surface area contributed by atoms with Crippen LogP contribution in [0.25, 0.3) is 5.52 Å². The topological polar surface area (TPSA) is 88.0 Å². The van der Waals surface area contributed by atoms with Crippen molar-refractivity contribution >= 4 is 35.3 Å². The number of benzene rings is 1. The van der Waals surface area contributed by atoms with E-state index in [2.05, 4.69) is 0 Å². The minimum Gasteiger partial charge on any atom is -0.477 e. The van der Waals surface area contributed by atoms with Gasteiger partial charge in [0.05, 0.1) is 17.4 Å². The predicted molar refractivity (Wildman–Crippen MR) is 120 cm³/mol. The van der Waals surface area contributed by atoms with Gasteiger partial charge in [-0.1, -0.05) is 12.1 Å². The predicted octanol–water partition coefficient (Wildman–Crippen LogP) is 3.89. The Bertz CT molecular complexity index is 1280. The molecule has 1 aliphatic heterocycles. The molecule has 1 aliphatic carbocycles. The molecule has 0 saturated heterocycles. The van der Waals surface area contributed by atoms with E-state index in [1.807, 2.05) is 30.0 Å². The Morgan fingerprint density at radius 2 is 2.03 bits per heavy atom. The van der Waals surface area contributed by atoms with Crippen molar-refractivity contribution in [2.24, 2.45) is 0 Å². The van der Waals surface area contributed by atoms with Crippen LogP contribution < -0.4 is 16.2 Å². The van der Waals surface area contributed by atoms with E-state index in [0.717, 1.165) is 41.4 Å². The highest BCUT2D eigenvalue weighted by Crippen LogP contribution is 2.44. The van der Waals surface area contributed by atoms with E-state index in [1.54, 1.807) is 0 Å². The molecule has 1 fully saturated rings. The highest BCUT2D eigenvalue weighted by molar-refractivity contribution is 5.89. The van der Waals surface area contributed by atoms with Crippen LogP contribution in [0.15, 0.2) is 35.3 Å². The standard InChI is InChI=1S/C23H22FN3O3.ClH/c1-12-20-16(13-5-6-13)9-17(23(29)30)22(28)27(20)11-18(24)21(12)26-8-7-15-14(10-26)3-2-4-19(15)25;/h2-4,9,11,13H,5-8,10,25H2,1H3,(H,29,30);1H. The van der Waals surface area contributed by atoms with Crippen molar-refractivity contribution in [3.05, 3.63) is 74.5 Å². The third-order valence-electron chi connectivity index (χ3n) is 6.31. The number of anilines is 2. The van der Waals surface area contributed by atoms with Gasteiger partial charge in [0, 0.05) is 18.8 Å². The number of halogens is 2. The normalized spacial score (nSPS) is 15.5. The van der Waals surface area contributed by atoms with Crippen molar-refractivity contribution in [2.45, 2.75) is 38.6 Å². The second-order valence-electron chi connectivity index (χ2n) is 8.22. The summed E-state index contributed by atoms with van der Waals surface area (Å²) in [5.41, 5.74) is 10.6. The van der Waals surface area contributed by atoms with Crippen LogP contribution >= 0.6 is 12.4 Å². The lowest BCUT2D eigenvalue weighted by molar-refractivity contribution is 0.0694. The maximum absolute atomic E-state index is 15.3. The molecule has 1 aromatic carbocycles. The van der Waals surface area contributed by atoms with Crippen molar-refractivity contribution in [2.75, 3.05) is 17.2 Å². The van der Waals surface area contributed by atoms with E-state index in [-0.39, 0.29) is 23.9 Å². The Balaban J connectivity index is 0.00000231. The van der Waals surface area contributed by atoms with E-state index < -0.39 is 17.3 Å². The molecule has 2 aliphatic rings. The fourth-order valence-corrected chi connectivity index (χ4v) is 4.72. The van der Waals surface area contributed by atoms with Crippen molar-refractivity contribution in [3.8, 4) is 0 Å². The molecule has 0 radical (unpaired) electrons. The summed E-state index contributed by atoms with van der Waals surface area (Å²) in [5.74, 6) is -1.61. The number of aryl methyl sites for hydroxylation is 1. The number of pyridine rings is 2. The molecule has 3 N–H and O–H groups in total. The zero-order valence-electron chi connectivity index (χ0n) is 17.0. The third kappa shape index (κ3) is 3.33. The number of rotatable bonds is 3. The number of nitrogen functional groups attached to an aromatic ring is 1. The van der Waals surface area contributed by atoms with Crippen molar-refractivity contribution in [1.29, 1.82) is 0 Å². The lowest BCUT2D eigenvalue weighted by Gasteiger charge is -2.33. The van der Waals surface area contributed by atoms with E-state index in [0.29, 0.717) is 36.3 Å². The first-order valence-electron chi connectivity index (χ1n) is 10.1. The fourth-order valence-electron chi connectivity index (χ4n) is 4.72. The molecule has 5 rings (SSSR count). The Morgan fingerprint density at radius 1 is 1.29 bits per heavy atom. The summed E-state index contributed by atoms with van der Waals surface area (Å²) in [7, 11) is 0. The molecule has 162 valence electrons. The van der Waals surface area contributed by atoms with Crippen LogP contribution in [-0.2, 0) is 13.0 Å². The summed E-state index contributed by atoms with van der Waals surface area (Å²) in [6.07, 6.45) is 3.74. The molecule has 3 heterocycles. The summed E-state index contributed by atoms with van der Waals surface area (Å²) in [5, 5.41) is 9.44. The van der Waals surface area contributed by atoms with Gasteiger partial charge in [-0.15, -0.1) is 12.4 Å². The largest absolute Gasteiger partial charge is 0.477 e. The highest BCUT2D eigenvalue weighted by Gasteiger charge is 2.31. The molecule has 2 aromatic heterocycles. The summed E-state index contributed by atoms with van der Waals surface area (Å²) in [4.78, 5) is 26.3. The number of aromatic nitrogens is 1. The van der Waals surface area contributed by atoms with Crippen LogP contribution in [0.4, 0.5) is 15.8 Å². The number of carboxylic acid groups (broad SMARTS) is 1. The third-order valence-corrected chi connectivity index (χ3v) is 6.31. The maximum atomic E-state index is 15.3. The number of nitrogens with zero attached hydrogens (tertiary/aromatic N) is 2. The maximum Gasteiger partial charge on any atom is 0.341 e. The van der Waals surface area contributed by atoms with Gasteiger partial charge >= 0.3 is 5.97 Å². The van der Waals surface area contributed by atoms with Crippen LogP contribution in [0.1, 0.15) is 51.4 Å². The Morgan fingerprint density at radius 3 is 2.71 bits per heavy atom. The van der Waals surface area contributed by atoms with Crippen molar-refractivity contribution in [1.82, 2.24) is 4.40 Å². The first-order chi connectivity index (χ1) is 14.4. The average molecular weight is 444 g/mol. The summed E-state index contributed by atoms with van der Waals surface area (Å²) in [6.45, 7) is 2.96. The van der Waals surface area contributed by atoms with Crippen LogP contribution in [0.3, 0.4) is 0 Å². The summed E-state index contributed by atoms with van der Waals surface area (Å²) in [6, 6.07) is 7.27. The van der Waals surface area contributed by atoms with Crippen LogP contribution in [0.2, 0.25) is 0 Å². The molecule has 31 heavy (non-hydrogen) atoms. The SMILES string of the molecule is Cc1c(N2CCc3c(N)cccc3C2)c(F)cn2c(=O)c(C(=O)O)cc(C3CC3)c12.Cl. The molecular formula is C23H23ClFN3O3. The molecule has 3 aromatic rings. The smallest absolute Gasteiger partial charge is 0.341 e. The monoisotopic (exact) mass is 443 g/mol. The highest BCUT2D eigenvalue weighted by atomic mass is 35.5. The van der Waals surface area contributed by atoms with Gasteiger partial charge in [-0.3, -0.25) is 9.20 Å². The van der Waals surface area contributed by atoms with E-state index in [1.165, 1.54) is 10.5 Å². The zero-order valence-corrected chi connectivity index (χ0v) is 17.8. The number of carbonyl (C=O) groups is 1. The Hall–Kier alpha value is -3.06. The first-order valence-corrected chi connectivity index (χ1v) is 10.1. The average Bonchev–Trinajstić information content (AvgIpc) is 3.54. The number of nitrogens with two attached hydrogens (primary N) is 1. The number of hydrogen-bond donors (Lipinski definition) is 2. The summed E-state index contributed by atoms with van der Waals surface area (Å²) < 4.78 is 16.5. The van der Waals surface area contributed by atoms with Crippen molar-refractivity contribution in [3.63, 3.8) is 0 Å². The molecule has 0 unspecified atom stereocenters. The van der Waals surface area contributed by atoms with Gasteiger partial charge in [0.25, 0.3) is 5.56 Å². The Kier molecular flexibility index (Phi) is 5.17. The van der Waals surface area contributed by atoms with Gasteiger partial charge in [0.1, 0.15) is 5.56 Å². The molecular weight excluding hydrogens is 421 g/mol. The van der Waals surface area contributed by atoms with E-state index in [9.17, 15) is 14.7 Å². The molecule has 0 amide bonds. The lowest BCUT2D eigenvalue weighted by atomic mass is 9.96. The minimum absolute atomic E-state index is 0. The Labute approximate surface area is 184 Å². The van der Waals surface area contributed by atoms with Crippen molar-refractivity contribution < 1.29 is 14.3 Å². The zero-order chi connectivity index (χ0) is 21.2. The fraction of sp³-hybridized carbons (Fsp3) is 0.304. The number of hydrogen-bond acceptors (Lipinski definition) is 4. The van der Waals surface area contributed by atoms with Gasteiger partial charge in [0.2, 0.25) is 0 Å². The molecule has 8 heteroatoms. The quantitative estimate of drug-likeness (QED) is 0.599. The molecule has 6 nitrogen and oxygen atoms in total. The van der Waals surface area contributed by atoms with Crippen LogP contribution in [0.5, 0.6) is 0 Å². The second-order valence-corrected chi connectivity index (χ2v) is 8.22. The van der Waals surface area contributed by atoms with E-state index in [4.69, 9.17) is 5.73 Å². The molecule has 0 bridgehead atoms. The molecule has 0 atom stereocenters. The van der Waals surface area contributed by atoms with Crippen LogP contribution in [0, 0.1) is 12.7 Å². The van der Waals surface area contributed by atoms with Gasteiger partial charge in [-0.25, -0.2) is 9.18 Å². The van der Waals surface area contributed by atoms with Gasteiger partial charge in [0.15, 0.2) is 5.82 Å². The molecule has 1 saturated carbocycles.